The number of nitrogens with one attached hydrogen (secondary N) is 2. The highest BCUT2D eigenvalue weighted by Crippen LogP contribution is 2.25. The first kappa shape index (κ1) is 17.3. The van der Waals surface area contributed by atoms with Crippen molar-refractivity contribution < 1.29 is 9.72 Å². The van der Waals surface area contributed by atoms with Crippen LogP contribution in [0.4, 0.5) is 11.4 Å². The summed E-state index contributed by atoms with van der Waals surface area (Å²) < 4.78 is 0. The molecule has 0 heterocycles. The maximum absolute atomic E-state index is 11.8. The molecule has 0 atom stereocenters. The number of hydrogen-bond donors (Lipinski definition) is 2. The fourth-order valence-electron chi connectivity index (χ4n) is 1.94. The lowest BCUT2D eigenvalue weighted by Gasteiger charge is -2.09. The van der Waals surface area contributed by atoms with Crippen LogP contribution in [0.15, 0.2) is 54.6 Å². The van der Waals surface area contributed by atoms with E-state index in [1.165, 1.54) is 12.1 Å². The molecular formula is C17H15N3O3S. The lowest BCUT2D eigenvalue weighted by atomic mass is 10.2. The van der Waals surface area contributed by atoms with Gasteiger partial charge >= 0.3 is 0 Å². The zero-order valence-corrected chi connectivity index (χ0v) is 13.7. The minimum atomic E-state index is -0.505. The van der Waals surface area contributed by atoms with Gasteiger partial charge in [0.25, 0.3) is 5.69 Å². The molecule has 0 spiro atoms. The van der Waals surface area contributed by atoms with Crippen molar-refractivity contribution in [3.8, 4) is 0 Å². The third kappa shape index (κ3) is 4.99. The molecule has 2 aromatic rings. The van der Waals surface area contributed by atoms with Crippen molar-refractivity contribution in [2.24, 2.45) is 0 Å². The second-order valence-corrected chi connectivity index (χ2v) is 5.37. The van der Waals surface area contributed by atoms with Gasteiger partial charge in [0.05, 0.1) is 4.92 Å². The maximum Gasteiger partial charge on any atom is 0.292 e. The molecule has 0 aliphatic rings. The molecule has 0 unspecified atom stereocenters. The van der Waals surface area contributed by atoms with E-state index in [0.29, 0.717) is 0 Å². The van der Waals surface area contributed by atoms with Crippen molar-refractivity contribution in [1.29, 1.82) is 0 Å². The maximum atomic E-state index is 11.8. The van der Waals surface area contributed by atoms with Crippen LogP contribution in [0, 0.1) is 17.0 Å². The Kier molecular flexibility index (Phi) is 5.75. The molecule has 0 aliphatic heterocycles. The Morgan fingerprint density at radius 1 is 1.21 bits per heavy atom. The van der Waals surface area contributed by atoms with E-state index in [2.05, 4.69) is 10.6 Å². The fourth-order valence-corrected chi connectivity index (χ4v) is 2.15. The normalized spacial score (nSPS) is 10.4. The number of rotatable bonds is 4. The second-order valence-electron chi connectivity index (χ2n) is 4.97. The van der Waals surface area contributed by atoms with Crippen molar-refractivity contribution in [1.82, 2.24) is 5.32 Å². The molecule has 0 radical (unpaired) electrons. The Labute approximate surface area is 144 Å². The average Bonchev–Trinajstić information content (AvgIpc) is 2.55. The van der Waals surface area contributed by atoms with Crippen LogP contribution in [0.1, 0.15) is 11.1 Å². The molecule has 0 saturated carbocycles. The first-order chi connectivity index (χ1) is 11.5. The molecule has 122 valence electrons. The number of carbonyl (C=O) groups excluding carboxylic acids is 1. The van der Waals surface area contributed by atoms with E-state index in [-0.39, 0.29) is 16.5 Å². The number of amides is 1. The van der Waals surface area contributed by atoms with E-state index in [9.17, 15) is 14.9 Å². The number of nitro benzene ring substituents is 1. The van der Waals surface area contributed by atoms with Crippen molar-refractivity contribution in [3.05, 3.63) is 75.8 Å². The van der Waals surface area contributed by atoms with Gasteiger partial charge in [-0.1, -0.05) is 36.4 Å². The molecule has 2 rings (SSSR count). The Bertz CT molecular complexity index is 804. The number of anilines is 1. The summed E-state index contributed by atoms with van der Waals surface area (Å²) in [7, 11) is 0. The van der Waals surface area contributed by atoms with E-state index in [1.54, 1.807) is 25.1 Å². The van der Waals surface area contributed by atoms with Gasteiger partial charge < -0.3 is 5.32 Å². The number of hydrogen-bond acceptors (Lipinski definition) is 4. The number of carbonyl (C=O) groups is 1. The summed E-state index contributed by atoms with van der Waals surface area (Å²) in [5.74, 6) is -0.425. The third-order valence-electron chi connectivity index (χ3n) is 3.06. The summed E-state index contributed by atoms with van der Waals surface area (Å²) >= 11 is 5.02. The van der Waals surface area contributed by atoms with Gasteiger partial charge in [-0.15, -0.1) is 0 Å². The van der Waals surface area contributed by atoms with Gasteiger partial charge in [-0.2, -0.15) is 0 Å². The topological polar surface area (TPSA) is 84.3 Å². The largest absolute Gasteiger partial charge is 0.327 e. The van der Waals surface area contributed by atoms with Crippen LogP contribution in [0.25, 0.3) is 6.08 Å². The van der Waals surface area contributed by atoms with Crippen LogP contribution in [-0.4, -0.2) is 15.9 Å². The van der Waals surface area contributed by atoms with E-state index < -0.39 is 10.8 Å². The second kappa shape index (κ2) is 7.98. The van der Waals surface area contributed by atoms with Crippen LogP contribution in [-0.2, 0) is 4.79 Å². The predicted octanol–water partition coefficient (Wildman–Crippen LogP) is 3.43. The number of benzene rings is 2. The van der Waals surface area contributed by atoms with Gasteiger partial charge in [0.2, 0.25) is 5.91 Å². The molecule has 0 aromatic heterocycles. The number of nitro groups is 1. The predicted molar refractivity (Wildman–Crippen MR) is 97.7 cm³/mol. The Morgan fingerprint density at radius 3 is 2.58 bits per heavy atom. The van der Waals surface area contributed by atoms with E-state index >= 15 is 0 Å². The smallest absolute Gasteiger partial charge is 0.292 e. The highest BCUT2D eigenvalue weighted by Gasteiger charge is 2.15. The number of aryl methyl sites for hydroxylation is 1. The van der Waals surface area contributed by atoms with Crippen molar-refractivity contribution >= 4 is 40.7 Å². The lowest BCUT2D eigenvalue weighted by Crippen LogP contribution is -2.33. The Morgan fingerprint density at radius 2 is 1.92 bits per heavy atom. The molecule has 7 heteroatoms. The highest BCUT2D eigenvalue weighted by molar-refractivity contribution is 7.80. The highest BCUT2D eigenvalue weighted by atomic mass is 32.1. The average molecular weight is 341 g/mol. The minimum Gasteiger partial charge on any atom is -0.327 e. The van der Waals surface area contributed by atoms with Crippen LogP contribution < -0.4 is 10.6 Å². The van der Waals surface area contributed by atoms with Gasteiger partial charge in [-0.05, 0) is 42.4 Å². The first-order valence-corrected chi connectivity index (χ1v) is 7.46. The van der Waals surface area contributed by atoms with Crippen LogP contribution in [0.2, 0.25) is 0 Å². The molecule has 0 bridgehead atoms. The Balaban J connectivity index is 2.00. The molecule has 1 amide bonds. The zero-order valence-electron chi connectivity index (χ0n) is 12.9. The summed E-state index contributed by atoms with van der Waals surface area (Å²) in [6, 6.07) is 14.0. The summed E-state index contributed by atoms with van der Waals surface area (Å²) in [5.41, 5.74) is 1.75. The van der Waals surface area contributed by atoms with Gasteiger partial charge in [0.1, 0.15) is 5.69 Å². The molecular weight excluding hydrogens is 326 g/mol. The molecule has 0 fully saturated rings. The summed E-state index contributed by atoms with van der Waals surface area (Å²) in [4.78, 5) is 22.4. The summed E-state index contributed by atoms with van der Waals surface area (Å²) in [6.07, 6.45) is 2.99. The van der Waals surface area contributed by atoms with Crippen LogP contribution in [0.3, 0.4) is 0 Å². The SMILES string of the molecule is Cc1ccc(NC(=S)NC(=O)/C=C/c2ccccc2)c([N+](=O)[O-])c1. The van der Waals surface area contributed by atoms with E-state index in [0.717, 1.165) is 11.1 Å². The van der Waals surface area contributed by atoms with Crippen molar-refractivity contribution in [2.45, 2.75) is 6.92 Å². The standard InChI is InChI=1S/C17H15N3O3S/c1-12-7-9-14(15(11-12)20(22)23)18-17(24)19-16(21)10-8-13-5-3-2-4-6-13/h2-11H,1H3,(H2,18,19,21,24)/b10-8+. The molecule has 0 saturated heterocycles. The van der Waals surface area contributed by atoms with Crippen LogP contribution in [0.5, 0.6) is 0 Å². The quantitative estimate of drug-likeness (QED) is 0.385. The van der Waals surface area contributed by atoms with Crippen molar-refractivity contribution in [2.75, 3.05) is 5.32 Å². The minimum absolute atomic E-state index is 0.00957. The molecule has 0 aliphatic carbocycles. The fraction of sp³-hybridized carbons (Fsp3) is 0.0588. The van der Waals surface area contributed by atoms with E-state index in [1.807, 2.05) is 30.3 Å². The monoisotopic (exact) mass is 341 g/mol. The van der Waals surface area contributed by atoms with Gasteiger partial charge in [-0.25, -0.2) is 0 Å². The molecule has 2 N–H and O–H groups in total. The zero-order chi connectivity index (χ0) is 17.5. The summed E-state index contributed by atoms with van der Waals surface area (Å²) in [6.45, 7) is 1.76. The first-order valence-electron chi connectivity index (χ1n) is 7.06. The Hall–Kier alpha value is -3.06. The van der Waals surface area contributed by atoms with E-state index in [4.69, 9.17) is 12.2 Å². The molecule has 6 nitrogen and oxygen atoms in total. The molecule has 2 aromatic carbocycles. The number of nitrogens with zero attached hydrogens (tertiary/aromatic N) is 1. The van der Waals surface area contributed by atoms with Gasteiger partial charge in [0.15, 0.2) is 5.11 Å². The third-order valence-corrected chi connectivity index (χ3v) is 3.27. The molecule has 24 heavy (non-hydrogen) atoms. The van der Waals surface area contributed by atoms with Gasteiger partial charge in [-0.3, -0.25) is 20.2 Å². The van der Waals surface area contributed by atoms with Gasteiger partial charge in [0, 0.05) is 12.1 Å². The van der Waals surface area contributed by atoms with Crippen LogP contribution >= 0.6 is 12.2 Å². The summed E-state index contributed by atoms with van der Waals surface area (Å²) in [5, 5.41) is 16.2. The number of thiocarbonyl (C=S) groups is 1. The van der Waals surface area contributed by atoms with Crippen molar-refractivity contribution in [3.63, 3.8) is 0 Å². The lowest BCUT2D eigenvalue weighted by molar-refractivity contribution is -0.383.